The van der Waals surface area contributed by atoms with Crippen LogP contribution in [0.25, 0.3) is 0 Å². The lowest BCUT2D eigenvalue weighted by Gasteiger charge is -1.78. The molecule has 0 saturated heterocycles. The van der Waals surface area contributed by atoms with Gasteiger partial charge in [0.2, 0.25) is 0 Å². The van der Waals surface area contributed by atoms with Gasteiger partial charge in [0.25, 0.3) is 0 Å². The molecule has 0 N–H and O–H groups in total. The zero-order valence-electron chi connectivity index (χ0n) is 3.94. The van der Waals surface area contributed by atoms with Crippen molar-refractivity contribution in [3.63, 3.8) is 0 Å². The molecule has 0 heterocycles. The second-order valence-corrected chi connectivity index (χ2v) is 1.65. The Kier molecular flexibility index (Phi) is 13.1. The first kappa shape index (κ1) is 15.8. The smallest absolute Gasteiger partial charge is 0.0135 e. The van der Waals surface area contributed by atoms with E-state index in [-0.39, 0.29) is 22.3 Å². The lowest BCUT2D eigenvalue weighted by Crippen LogP contribution is -1.58. The molecule has 1 rings (SSSR count). The largest absolute Gasteiger partial charge is 0.0805 e. The molecule has 0 radical (unpaired) electrons. The molecule has 0 spiro atoms. The molecule has 0 nitrogen and oxygen atoms in total. The van der Waals surface area contributed by atoms with Gasteiger partial charge in [-0.05, 0) is 13.3 Å². The summed E-state index contributed by atoms with van der Waals surface area (Å²) in [5.41, 5.74) is 1.47. The summed E-state index contributed by atoms with van der Waals surface area (Å²) >= 11 is 0. The molecule has 0 aromatic rings. The van der Waals surface area contributed by atoms with Gasteiger partial charge >= 0.3 is 0 Å². The van der Waals surface area contributed by atoms with E-state index in [2.05, 4.69) is 25.2 Å². The van der Waals surface area contributed by atoms with Crippen molar-refractivity contribution in [1.29, 1.82) is 0 Å². The van der Waals surface area contributed by atoms with E-state index in [4.69, 9.17) is 0 Å². The molecule has 0 fully saturated rings. The lowest BCUT2D eigenvalue weighted by molar-refractivity contribution is 1.25. The van der Waals surface area contributed by atoms with Gasteiger partial charge in [0.1, 0.15) is 0 Å². The number of allylic oxidation sites excluding steroid dienone is 4. The maximum absolute atomic E-state index is 2.16. The monoisotopic (exact) mass is 128 g/mol. The minimum Gasteiger partial charge on any atom is -0.0805 e. The van der Waals surface area contributed by atoms with Gasteiger partial charge in [-0.15, -0.1) is 0 Å². The maximum atomic E-state index is 2.16. The first-order valence-corrected chi connectivity index (χ1v) is 2.22. The van der Waals surface area contributed by atoms with Gasteiger partial charge in [-0.2, -0.15) is 0 Å². The van der Waals surface area contributed by atoms with Crippen molar-refractivity contribution >= 4 is 0 Å². The van der Waals surface area contributed by atoms with Gasteiger partial charge in [0.05, 0.1) is 0 Å². The molecule has 9 heavy (non-hydrogen) atoms. The van der Waals surface area contributed by atoms with Crippen molar-refractivity contribution in [2.24, 2.45) is 0 Å². The molecule has 0 saturated carbocycles. The Hall–Kier alpha value is -0.520. The molecule has 0 atom stereocenters. The zero-order chi connectivity index (χ0) is 4.41. The maximum Gasteiger partial charge on any atom is -0.0135 e. The van der Waals surface area contributed by atoms with E-state index in [1.165, 1.54) is 12.0 Å². The van der Waals surface area contributed by atoms with Gasteiger partial charge in [0.15, 0.2) is 0 Å². The molecule has 56 valence electrons. The van der Waals surface area contributed by atoms with E-state index in [1.807, 2.05) is 0 Å². The SMILES string of the molecule is C.C.C.CC1=CC=CC1. The van der Waals surface area contributed by atoms with Gasteiger partial charge < -0.3 is 0 Å². The Morgan fingerprint density at radius 3 is 1.89 bits per heavy atom. The predicted octanol–water partition coefficient (Wildman–Crippen LogP) is 3.80. The molecule has 1 aliphatic carbocycles. The van der Waals surface area contributed by atoms with Crippen LogP contribution in [-0.4, -0.2) is 0 Å². The predicted molar refractivity (Wildman–Crippen MR) is 47.7 cm³/mol. The third kappa shape index (κ3) is 5.35. The summed E-state index contributed by atoms with van der Waals surface area (Å²) in [6.07, 6.45) is 7.56. The van der Waals surface area contributed by atoms with Crippen LogP contribution in [0.2, 0.25) is 0 Å². The van der Waals surface area contributed by atoms with Crippen LogP contribution in [0.5, 0.6) is 0 Å². The molecule has 0 aromatic carbocycles. The summed E-state index contributed by atoms with van der Waals surface area (Å²) in [7, 11) is 0. The highest BCUT2D eigenvalue weighted by molar-refractivity contribution is 5.20. The molecule has 1 aliphatic rings. The van der Waals surface area contributed by atoms with E-state index in [1.54, 1.807) is 0 Å². The zero-order valence-corrected chi connectivity index (χ0v) is 3.94. The first-order chi connectivity index (χ1) is 2.89. The van der Waals surface area contributed by atoms with E-state index in [9.17, 15) is 0 Å². The van der Waals surface area contributed by atoms with Crippen LogP contribution in [-0.2, 0) is 0 Å². The summed E-state index contributed by atoms with van der Waals surface area (Å²) in [6, 6.07) is 0. The highest BCUT2D eigenvalue weighted by Crippen LogP contribution is 2.06. The summed E-state index contributed by atoms with van der Waals surface area (Å²) in [5.74, 6) is 0. The molecule has 0 amide bonds. The standard InChI is InChI=1S/C6H8.3CH4/c1-6-4-2-3-5-6;;;/h2-4H,5H2,1H3;3*1H4. The Bertz CT molecular complexity index is 96.6. The van der Waals surface area contributed by atoms with Gasteiger partial charge in [-0.25, -0.2) is 0 Å². The van der Waals surface area contributed by atoms with Crippen LogP contribution < -0.4 is 0 Å². The molecule has 0 unspecified atom stereocenters. The van der Waals surface area contributed by atoms with Crippen LogP contribution in [0.4, 0.5) is 0 Å². The molecular weight excluding hydrogens is 108 g/mol. The highest BCUT2D eigenvalue weighted by Gasteiger charge is 1.86. The van der Waals surface area contributed by atoms with E-state index >= 15 is 0 Å². The van der Waals surface area contributed by atoms with Crippen molar-refractivity contribution in [3.05, 3.63) is 23.8 Å². The number of hydrogen-bond acceptors (Lipinski definition) is 0. The Morgan fingerprint density at radius 1 is 1.22 bits per heavy atom. The fourth-order valence-electron chi connectivity index (χ4n) is 0.554. The minimum absolute atomic E-state index is 0. The Morgan fingerprint density at radius 2 is 1.78 bits per heavy atom. The summed E-state index contributed by atoms with van der Waals surface area (Å²) in [6.45, 7) is 2.14. The average Bonchev–Trinajstić information content (AvgIpc) is 1.86. The number of hydrogen-bond donors (Lipinski definition) is 0. The molecule has 0 aliphatic heterocycles. The summed E-state index contributed by atoms with van der Waals surface area (Å²) < 4.78 is 0. The summed E-state index contributed by atoms with van der Waals surface area (Å²) in [4.78, 5) is 0. The van der Waals surface area contributed by atoms with Gasteiger partial charge in [-0.1, -0.05) is 46.1 Å². The Labute approximate surface area is 60.3 Å². The summed E-state index contributed by atoms with van der Waals surface area (Å²) in [5, 5.41) is 0. The normalized spacial score (nSPS) is 12.3. The van der Waals surface area contributed by atoms with E-state index in [0.717, 1.165) is 0 Å². The highest BCUT2D eigenvalue weighted by atomic mass is 13.9. The molecular formula is C9H20. The van der Waals surface area contributed by atoms with Crippen molar-refractivity contribution in [2.45, 2.75) is 35.6 Å². The fourth-order valence-corrected chi connectivity index (χ4v) is 0.554. The van der Waals surface area contributed by atoms with E-state index < -0.39 is 0 Å². The topological polar surface area (TPSA) is 0 Å². The third-order valence-electron chi connectivity index (χ3n) is 0.957. The minimum atomic E-state index is 0. The van der Waals surface area contributed by atoms with Crippen molar-refractivity contribution < 1.29 is 0 Å². The number of rotatable bonds is 0. The molecule has 0 heteroatoms. The van der Waals surface area contributed by atoms with Crippen LogP contribution in [0.1, 0.15) is 35.6 Å². The molecule has 0 bridgehead atoms. The second-order valence-electron chi connectivity index (χ2n) is 1.65. The van der Waals surface area contributed by atoms with Crippen LogP contribution in [0, 0.1) is 0 Å². The first-order valence-electron chi connectivity index (χ1n) is 2.22. The van der Waals surface area contributed by atoms with Crippen molar-refractivity contribution in [1.82, 2.24) is 0 Å². The van der Waals surface area contributed by atoms with Gasteiger partial charge in [-0.3, -0.25) is 0 Å². The van der Waals surface area contributed by atoms with Crippen molar-refractivity contribution in [2.75, 3.05) is 0 Å². The Balaban J connectivity index is -0.000000120. The van der Waals surface area contributed by atoms with Crippen LogP contribution in [0.3, 0.4) is 0 Å². The third-order valence-corrected chi connectivity index (χ3v) is 0.957. The molecule has 0 aromatic heterocycles. The quantitative estimate of drug-likeness (QED) is 0.465. The van der Waals surface area contributed by atoms with Crippen molar-refractivity contribution in [3.8, 4) is 0 Å². The fraction of sp³-hybridized carbons (Fsp3) is 0.556. The van der Waals surface area contributed by atoms with E-state index in [0.29, 0.717) is 0 Å². The van der Waals surface area contributed by atoms with Crippen LogP contribution >= 0.6 is 0 Å². The van der Waals surface area contributed by atoms with Gasteiger partial charge in [0, 0.05) is 0 Å². The lowest BCUT2D eigenvalue weighted by atomic mass is 10.3. The average molecular weight is 128 g/mol. The van der Waals surface area contributed by atoms with Crippen LogP contribution in [0.15, 0.2) is 23.8 Å². The second kappa shape index (κ2) is 7.48.